The van der Waals surface area contributed by atoms with Gasteiger partial charge in [-0.1, -0.05) is 0 Å². The number of rotatable bonds is 8. The van der Waals surface area contributed by atoms with E-state index in [1.807, 2.05) is 11.0 Å². The Labute approximate surface area is 144 Å². The van der Waals surface area contributed by atoms with Crippen molar-refractivity contribution in [2.24, 2.45) is 9.98 Å². The Morgan fingerprint density at radius 2 is 1.08 bits per heavy atom. The first kappa shape index (κ1) is 19.1. The minimum absolute atomic E-state index is 0.195. The normalized spacial score (nSPS) is 20.8. The summed E-state index contributed by atoms with van der Waals surface area (Å²) in [6.07, 6.45) is 7.01. The summed E-state index contributed by atoms with van der Waals surface area (Å²) >= 11 is 0. The van der Waals surface area contributed by atoms with Crippen molar-refractivity contribution in [3.63, 3.8) is 0 Å². The minimum Gasteiger partial charge on any atom is -0.303 e. The van der Waals surface area contributed by atoms with E-state index in [9.17, 15) is 10.4 Å². The lowest BCUT2D eigenvalue weighted by atomic mass is 10.4. The highest BCUT2D eigenvalue weighted by molar-refractivity contribution is 6.39. The zero-order chi connectivity index (χ0) is 17.0. The highest BCUT2D eigenvalue weighted by Crippen LogP contribution is 2.08. The largest absolute Gasteiger partial charge is 0.303 e. The van der Waals surface area contributed by atoms with Gasteiger partial charge < -0.3 is 9.80 Å². The van der Waals surface area contributed by atoms with Crippen molar-refractivity contribution in [1.82, 2.24) is 20.8 Å². The zero-order valence-corrected chi connectivity index (χ0v) is 14.6. The van der Waals surface area contributed by atoms with Gasteiger partial charge >= 0.3 is 0 Å². The molecule has 2 aliphatic rings. The molecule has 8 heteroatoms. The first-order chi connectivity index (χ1) is 11.8. The number of hydrogen-bond donors (Lipinski definition) is 4. The Hall–Kier alpha value is -1.22. The third-order valence-electron chi connectivity index (χ3n) is 4.64. The average Bonchev–Trinajstić information content (AvgIpc) is 3.29. The second-order valence-corrected chi connectivity index (χ2v) is 6.49. The number of likely N-dealkylation sites (tertiary alicyclic amines) is 2. The van der Waals surface area contributed by atoms with Crippen LogP contribution >= 0.6 is 0 Å². The summed E-state index contributed by atoms with van der Waals surface area (Å²) in [6, 6.07) is 0. The third kappa shape index (κ3) is 6.72. The molecule has 8 nitrogen and oxygen atoms in total. The van der Waals surface area contributed by atoms with E-state index in [2.05, 4.69) is 19.8 Å². The van der Waals surface area contributed by atoms with E-state index in [0.717, 1.165) is 25.9 Å². The van der Waals surface area contributed by atoms with Gasteiger partial charge in [-0.15, -0.1) is 0 Å². The maximum Gasteiger partial charge on any atom is 0.190 e. The van der Waals surface area contributed by atoms with Crippen LogP contribution in [-0.2, 0) is 0 Å². The molecule has 2 fully saturated rings. The summed E-state index contributed by atoms with van der Waals surface area (Å²) in [5.74, 6) is 0.389. The third-order valence-corrected chi connectivity index (χ3v) is 4.64. The average molecular weight is 340 g/mol. The molecule has 0 atom stereocenters. The second-order valence-electron chi connectivity index (χ2n) is 6.49. The van der Waals surface area contributed by atoms with Crippen LogP contribution in [0.25, 0.3) is 0 Å². The van der Waals surface area contributed by atoms with Gasteiger partial charge in [-0.3, -0.25) is 20.4 Å². The van der Waals surface area contributed by atoms with Crippen molar-refractivity contribution < 1.29 is 10.4 Å². The van der Waals surface area contributed by atoms with Gasteiger partial charge in [-0.2, -0.15) is 0 Å². The summed E-state index contributed by atoms with van der Waals surface area (Å²) in [6.45, 7) is 7.94. The van der Waals surface area contributed by atoms with Gasteiger partial charge in [0.15, 0.2) is 11.7 Å². The maximum absolute atomic E-state index is 9.24. The molecule has 0 aromatic heterocycles. The Kier molecular flexibility index (Phi) is 9.04. The van der Waals surface area contributed by atoms with Gasteiger partial charge in [0.1, 0.15) is 0 Å². The number of amidine groups is 2. The Morgan fingerprint density at radius 3 is 1.42 bits per heavy atom. The minimum atomic E-state index is 0.195. The maximum atomic E-state index is 9.24. The summed E-state index contributed by atoms with van der Waals surface area (Å²) in [7, 11) is 0. The van der Waals surface area contributed by atoms with Crippen molar-refractivity contribution >= 4 is 11.7 Å². The van der Waals surface area contributed by atoms with Crippen molar-refractivity contribution in [2.45, 2.75) is 38.5 Å². The molecule has 2 aliphatic heterocycles. The zero-order valence-electron chi connectivity index (χ0n) is 14.6. The Bertz CT molecular complexity index is 365. The summed E-state index contributed by atoms with van der Waals surface area (Å²) in [5.41, 5.74) is 4.07. The van der Waals surface area contributed by atoms with Crippen LogP contribution in [0.5, 0.6) is 0 Å². The van der Waals surface area contributed by atoms with Crippen molar-refractivity contribution in [1.29, 1.82) is 0 Å². The monoisotopic (exact) mass is 340 g/mol. The van der Waals surface area contributed by atoms with Crippen LogP contribution in [0, 0.1) is 0 Å². The predicted octanol–water partition coefficient (Wildman–Crippen LogP) is 0.713. The fourth-order valence-corrected chi connectivity index (χ4v) is 3.31. The molecule has 0 aromatic rings. The van der Waals surface area contributed by atoms with E-state index in [0.29, 0.717) is 13.1 Å². The van der Waals surface area contributed by atoms with Crippen LogP contribution in [0.3, 0.4) is 0 Å². The van der Waals surface area contributed by atoms with E-state index in [4.69, 9.17) is 0 Å². The Balaban J connectivity index is 1.69. The first-order valence-corrected chi connectivity index (χ1v) is 9.17. The van der Waals surface area contributed by atoms with Crippen LogP contribution in [-0.4, -0.2) is 84.2 Å². The standard InChI is InChI=1S/C16H32N6O2/c23-19-15(17-7-5-13-21-9-1-2-10-21)16(20-24)18-8-6-14-22-11-3-4-12-22/h23-24H,1-14H2,(H,17,19)(H,18,20). The van der Waals surface area contributed by atoms with Crippen LogP contribution in [0.15, 0.2) is 9.98 Å². The predicted molar refractivity (Wildman–Crippen MR) is 95.0 cm³/mol. The summed E-state index contributed by atoms with van der Waals surface area (Å²) in [5, 5.41) is 18.5. The van der Waals surface area contributed by atoms with Crippen LogP contribution in [0.4, 0.5) is 0 Å². The molecular formula is C16H32N6O2. The van der Waals surface area contributed by atoms with E-state index in [1.165, 1.54) is 51.9 Å². The van der Waals surface area contributed by atoms with Crippen LogP contribution in [0.1, 0.15) is 38.5 Å². The molecule has 0 saturated carbocycles. The fourth-order valence-electron chi connectivity index (χ4n) is 3.31. The number of nitrogens with one attached hydrogen (secondary N) is 2. The van der Waals surface area contributed by atoms with E-state index >= 15 is 0 Å². The smallest absolute Gasteiger partial charge is 0.190 e. The molecule has 2 rings (SSSR count). The molecule has 0 aliphatic carbocycles. The molecule has 0 radical (unpaired) electrons. The van der Waals surface area contributed by atoms with Gasteiger partial charge in [-0.25, -0.2) is 11.0 Å². The quantitative estimate of drug-likeness (QED) is 0.225. The van der Waals surface area contributed by atoms with Gasteiger partial charge in [0.2, 0.25) is 0 Å². The summed E-state index contributed by atoms with van der Waals surface area (Å²) < 4.78 is 0. The summed E-state index contributed by atoms with van der Waals surface area (Å²) in [4.78, 5) is 13.5. The van der Waals surface area contributed by atoms with E-state index < -0.39 is 0 Å². The Morgan fingerprint density at radius 1 is 0.708 bits per heavy atom. The number of hydrogen-bond acceptors (Lipinski definition) is 6. The molecule has 2 saturated heterocycles. The fraction of sp³-hybridized carbons (Fsp3) is 0.875. The molecule has 0 unspecified atom stereocenters. The molecule has 0 bridgehead atoms. The van der Waals surface area contributed by atoms with Crippen molar-refractivity contribution in [2.75, 3.05) is 52.4 Å². The lowest BCUT2D eigenvalue weighted by molar-refractivity contribution is 0.223. The first-order valence-electron chi connectivity index (χ1n) is 9.17. The molecule has 4 N–H and O–H groups in total. The topological polar surface area (TPSA) is 95.7 Å². The van der Waals surface area contributed by atoms with E-state index in [-0.39, 0.29) is 11.7 Å². The second kappa shape index (κ2) is 11.4. The lowest BCUT2D eigenvalue weighted by Crippen LogP contribution is -2.38. The van der Waals surface area contributed by atoms with Gasteiger partial charge in [0.25, 0.3) is 0 Å². The molecule has 138 valence electrons. The van der Waals surface area contributed by atoms with Crippen LogP contribution < -0.4 is 11.0 Å². The molecule has 0 aromatic carbocycles. The van der Waals surface area contributed by atoms with Crippen molar-refractivity contribution in [3.8, 4) is 0 Å². The molecular weight excluding hydrogens is 308 g/mol. The van der Waals surface area contributed by atoms with E-state index in [1.54, 1.807) is 0 Å². The van der Waals surface area contributed by atoms with Gasteiger partial charge in [-0.05, 0) is 77.8 Å². The molecule has 0 spiro atoms. The molecule has 2 heterocycles. The molecule has 24 heavy (non-hydrogen) atoms. The van der Waals surface area contributed by atoms with Crippen LogP contribution in [0.2, 0.25) is 0 Å². The lowest BCUT2D eigenvalue weighted by Gasteiger charge is -2.14. The highest BCUT2D eigenvalue weighted by Gasteiger charge is 2.12. The molecule has 0 amide bonds. The SMILES string of the molecule is ONC(=NCCCN1CCCC1)C(=NCCCN1CCCC1)NO. The van der Waals surface area contributed by atoms with Gasteiger partial charge in [0.05, 0.1) is 0 Å². The highest BCUT2D eigenvalue weighted by atomic mass is 16.5. The number of hydroxylamine groups is 2. The number of nitrogens with zero attached hydrogens (tertiary/aromatic N) is 4. The van der Waals surface area contributed by atoms with Gasteiger partial charge in [0, 0.05) is 13.1 Å². The number of aliphatic imine (C=N–C) groups is 2. The van der Waals surface area contributed by atoms with Crippen molar-refractivity contribution in [3.05, 3.63) is 0 Å².